The summed E-state index contributed by atoms with van der Waals surface area (Å²) in [6, 6.07) is 11.0. The number of benzene rings is 2. The van der Waals surface area contributed by atoms with Gasteiger partial charge >= 0.3 is 0 Å². The number of halogens is 2. The van der Waals surface area contributed by atoms with Crippen LogP contribution in [0.4, 0.5) is 5.69 Å². The van der Waals surface area contributed by atoms with Crippen LogP contribution in [-0.2, 0) is 9.63 Å². The molecule has 0 spiro atoms. The Bertz CT molecular complexity index is 1050. The van der Waals surface area contributed by atoms with Crippen LogP contribution in [0.3, 0.4) is 0 Å². The molecule has 2 rings (SSSR count). The number of nitrogens with one attached hydrogen (secondary N) is 1. The number of nitrogens with zero attached hydrogens (tertiary/aromatic N) is 1. The minimum absolute atomic E-state index is 0.0188. The van der Waals surface area contributed by atoms with E-state index in [1.165, 1.54) is 7.11 Å². The van der Waals surface area contributed by atoms with Crippen LogP contribution >= 0.6 is 23.2 Å². The molecule has 202 valence electrons. The minimum Gasteiger partial charge on any atom is -0.494 e. The lowest BCUT2D eigenvalue weighted by atomic mass is 10.0. The van der Waals surface area contributed by atoms with Crippen molar-refractivity contribution in [3.05, 3.63) is 58.1 Å². The van der Waals surface area contributed by atoms with Gasteiger partial charge in [-0.1, -0.05) is 35.3 Å². The van der Waals surface area contributed by atoms with Crippen molar-refractivity contribution >= 4 is 40.5 Å². The molecular weight excluding hydrogens is 515 g/mol. The largest absolute Gasteiger partial charge is 0.494 e. The number of oxime groups is 1. The van der Waals surface area contributed by atoms with E-state index in [1.54, 1.807) is 26.2 Å². The van der Waals surface area contributed by atoms with Crippen LogP contribution in [-0.4, -0.2) is 39.1 Å². The lowest BCUT2D eigenvalue weighted by Gasteiger charge is -2.15. The maximum Gasteiger partial charge on any atom is 0.224 e. The van der Waals surface area contributed by atoms with Crippen molar-refractivity contribution in [1.29, 1.82) is 0 Å². The van der Waals surface area contributed by atoms with Crippen LogP contribution in [0, 0.1) is 0 Å². The molecule has 2 aromatic carbocycles. The zero-order chi connectivity index (χ0) is 27.0. The van der Waals surface area contributed by atoms with Crippen LogP contribution in [0.2, 0.25) is 5.02 Å². The number of rotatable bonds is 16. The second-order valence-corrected chi connectivity index (χ2v) is 9.29. The number of methoxy groups -OCH3 is 1. The van der Waals surface area contributed by atoms with Gasteiger partial charge in [0, 0.05) is 28.8 Å². The fourth-order valence-corrected chi connectivity index (χ4v) is 3.86. The quantitative estimate of drug-likeness (QED) is 0.132. The highest BCUT2D eigenvalue weighted by atomic mass is 35.5. The van der Waals surface area contributed by atoms with E-state index >= 15 is 0 Å². The summed E-state index contributed by atoms with van der Waals surface area (Å²) in [4.78, 5) is 16.8. The molecule has 9 heteroatoms. The molecule has 0 aliphatic rings. The Hall–Kier alpha value is -2.90. The van der Waals surface area contributed by atoms with Crippen molar-refractivity contribution in [1.82, 2.24) is 0 Å². The monoisotopic (exact) mass is 550 g/mol. The molecule has 0 saturated heterocycles. The first-order chi connectivity index (χ1) is 17.9. The number of amides is 1. The predicted octanol–water partition coefficient (Wildman–Crippen LogP) is 7.60. The summed E-state index contributed by atoms with van der Waals surface area (Å²) in [5.41, 5.74) is 2.21. The Kier molecular flexibility index (Phi) is 13.7. The Morgan fingerprint density at radius 3 is 2.43 bits per heavy atom. The van der Waals surface area contributed by atoms with Gasteiger partial charge in [-0.05, 0) is 75.4 Å². The highest BCUT2D eigenvalue weighted by molar-refractivity contribution is 6.33. The number of unbranched alkanes of at least 4 members (excludes halogenated alkanes) is 2. The number of allylic oxidation sites excluding steroid dienone is 1. The van der Waals surface area contributed by atoms with Crippen molar-refractivity contribution in [2.24, 2.45) is 5.16 Å². The van der Waals surface area contributed by atoms with E-state index < -0.39 is 0 Å². The number of ether oxygens (including phenoxy) is 3. The third-order valence-corrected chi connectivity index (χ3v) is 5.73. The molecule has 0 aliphatic heterocycles. The lowest BCUT2D eigenvalue weighted by molar-refractivity contribution is -0.116. The predicted molar refractivity (Wildman–Crippen MR) is 151 cm³/mol. The summed E-state index contributed by atoms with van der Waals surface area (Å²) in [6.07, 6.45) is 6.44. The van der Waals surface area contributed by atoms with Crippen molar-refractivity contribution in [3.8, 4) is 17.2 Å². The molecule has 2 aromatic rings. The average molecular weight is 552 g/mol. The van der Waals surface area contributed by atoms with Crippen molar-refractivity contribution in [2.75, 3.05) is 32.8 Å². The maximum atomic E-state index is 11.7. The molecule has 7 nitrogen and oxygen atoms in total. The van der Waals surface area contributed by atoms with Gasteiger partial charge in [0.25, 0.3) is 0 Å². The molecule has 0 aliphatic carbocycles. The van der Waals surface area contributed by atoms with E-state index in [0.717, 1.165) is 48.4 Å². The van der Waals surface area contributed by atoms with Gasteiger partial charge in [0.05, 0.1) is 24.5 Å². The van der Waals surface area contributed by atoms with Crippen molar-refractivity contribution < 1.29 is 23.8 Å². The van der Waals surface area contributed by atoms with Crippen molar-refractivity contribution in [2.45, 2.75) is 52.4 Å². The van der Waals surface area contributed by atoms with Gasteiger partial charge in [-0.2, -0.15) is 0 Å². The molecule has 0 atom stereocenters. The highest BCUT2D eigenvalue weighted by Crippen LogP contribution is 2.35. The number of carbonyl (C=O) groups excluding carboxylic acids is 1. The van der Waals surface area contributed by atoms with Crippen LogP contribution < -0.4 is 19.5 Å². The van der Waals surface area contributed by atoms with E-state index in [0.29, 0.717) is 47.6 Å². The number of carbonyl (C=O) groups is 1. The number of hydrogen-bond acceptors (Lipinski definition) is 6. The van der Waals surface area contributed by atoms with E-state index in [4.69, 9.17) is 42.3 Å². The van der Waals surface area contributed by atoms with Gasteiger partial charge < -0.3 is 24.4 Å². The van der Waals surface area contributed by atoms with Gasteiger partial charge in [0.2, 0.25) is 5.91 Å². The molecule has 0 bridgehead atoms. The zero-order valence-electron chi connectivity index (χ0n) is 21.9. The fourth-order valence-electron chi connectivity index (χ4n) is 3.51. The standard InChI is InChI=1S/C28H36Cl2N2O5/c1-5-9-27(33)31-21-11-13-22(14-12-21)36-16-8-6-7-10-26(32-35-4)24-18-23(37-17-15-20(2)29)19-25(30)28(24)34-3/h11-15,18-19H,5-10,16-17H2,1-4H3,(H,31,33)/b20-15-,32-26+. The van der Waals surface area contributed by atoms with E-state index in [-0.39, 0.29) is 5.91 Å². The molecule has 0 unspecified atom stereocenters. The van der Waals surface area contributed by atoms with Gasteiger partial charge in [-0.25, -0.2) is 0 Å². The molecule has 0 saturated carbocycles. The second kappa shape index (κ2) is 16.8. The normalized spacial score (nSPS) is 11.7. The Balaban J connectivity index is 1.88. The topological polar surface area (TPSA) is 78.4 Å². The molecule has 0 radical (unpaired) electrons. The van der Waals surface area contributed by atoms with Crippen LogP contribution in [0.5, 0.6) is 17.2 Å². The third-order valence-electron chi connectivity index (χ3n) is 5.29. The Labute approximate surface area is 229 Å². The Morgan fingerprint density at radius 1 is 1.03 bits per heavy atom. The van der Waals surface area contributed by atoms with Gasteiger partial charge in [0.1, 0.15) is 31.0 Å². The Morgan fingerprint density at radius 2 is 1.78 bits per heavy atom. The van der Waals surface area contributed by atoms with E-state index in [1.807, 2.05) is 37.3 Å². The van der Waals surface area contributed by atoms with Crippen LogP contribution in [0.1, 0.15) is 57.9 Å². The summed E-state index contributed by atoms with van der Waals surface area (Å²) in [5.74, 6) is 1.89. The molecule has 1 amide bonds. The molecule has 1 N–H and O–H groups in total. The first-order valence-corrected chi connectivity index (χ1v) is 13.1. The van der Waals surface area contributed by atoms with Crippen LogP contribution in [0.15, 0.2) is 52.7 Å². The van der Waals surface area contributed by atoms with Crippen molar-refractivity contribution in [3.63, 3.8) is 0 Å². The summed E-state index contributed by atoms with van der Waals surface area (Å²) in [6.45, 7) is 4.68. The summed E-state index contributed by atoms with van der Waals surface area (Å²) >= 11 is 12.3. The molecule has 0 fully saturated rings. The highest BCUT2D eigenvalue weighted by Gasteiger charge is 2.17. The third kappa shape index (κ3) is 10.9. The summed E-state index contributed by atoms with van der Waals surface area (Å²) < 4.78 is 17.1. The second-order valence-electron chi connectivity index (χ2n) is 8.29. The van der Waals surface area contributed by atoms with Gasteiger partial charge in [-0.3, -0.25) is 4.79 Å². The first kappa shape index (κ1) is 30.3. The van der Waals surface area contributed by atoms with Gasteiger partial charge in [-0.15, -0.1) is 0 Å². The zero-order valence-corrected chi connectivity index (χ0v) is 23.5. The minimum atomic E-state index is 0.0188. The van der Waals surface area contributed by atoms with E-state index in [2.05, 4.69) is 10.5 Å². The maximum absolute atomic E-state index is 11.7. The molecule has 37 heavy (non-hydrogen) atoms. The van der Waals surface area contributed by atoms with Crippen LogP contribution in [0.25, 0.3) is 0 Å². The van der Waals surface area contributed by atoms with E-state index in [9.17, 15) is 4.79 Å². The summed E-state index contributed by atoms with van der Waals surface area (Å²) in [5, 5.41) is 8.17. The lowest BCUT2D eigenvalue weighted by Crippen LogP contribution is -2.10. The molecular formula is C28H36Cl2N2O5. The average Bonchev–Trinajstić information content (AvgIpc) is 2.86. The van der Waals surface area contributed by atoms with Gasteiger partial charge in [0.15, 0.2) is 0 Å². The summed E-state index contributed by atoms with van der Waals surface area (Å²) in [7, 11) is 3.08. The fraction of sp³-hybridized carbons (Fsp3) is 0.429. The smallest absolute Gasteiger partial charge is 0.224 e. The number of anilines is 1. The number of hydrogen-bond donors (Lipinski definition) is 1. The first-order valence-electron chi connectivity index (χ1n) is 12.3. The molecule has 0 aromatic heterocycles. The SMILES string of the molecule is CCCC(=O)Nc1ccc(OCCCCC/C(=N\OC)c2cc(OC/C=C(/C)Cl)cc(Cl)c2OC)cc1. The molecule has 0 heterocycles.